The van der Waals surface area contributed by atoms with Gasteiger partial charge >= 0.3 is 0 Å². The first-order valence-electron chi connectivity index (χ1n) is 3.23. The summed E-state index contributed by atoms with van der Waals surface area (Å²) in [6.07, 6.45) is 1.25. The van der Waals surface area contributed by atoms with Crippen molar-refractivity contribution in [1.82, 2.24) is 0 Å². The molecule has 0 heterocycles. The summed E-state index contributed by atoms with van der Waals surface area (Å²) in [4.78, 5) is 0. The minimum absolute atomic E-state index is 0. The summed E-state index contributed by atoms with van der Waals surface area (Å²) < 4.78 is 24.7. The van der Waals surface area contributed by atoms with Gasteiger partial charge in [-0.3, -0.25) is 0 Å². The van der Waals surface area contributed by atoms with E-state index in [9.17, 15) is 8.78 Å². The molecule has 1 rings (SSSR count). The summed E-state index contributed by atoms with van der Waals surface area (Å²) in [5, 5.41) is 0. The van der Waals surface area contributed by atoms with E-state index >= 15 is 0 Å². The third-order valence-electron chi connectivity index (χ3n) is 1.68. The lowest BCUT2D eigenvalue weighted by atomic mass is 9.93. The van der Waals surface area contributed by atoms with Crippen molar-refractivity contribution >= 4 is 13.5 Å². The lowest BCUT2D eigenvalue weighted by Crippen LogP contribution is -2.34. The zero-order valence-corrected chi connectivity index (χ0v) is 6.74. The average molecular weight is 185 g/mol. The molecule has 0 unspecified atom stereocenters. The monoisotopic (exact) mass is 185 g/mol. The molecule has 0 aromatic carbocycles. The van der Waals surface area contributed by atoms with Crippen LogP contribution in [0.15, 0.2) is 0 Å². The Hall–Kier alpha value is 0.170. The van der Waals surface area contributed by atoms with Crippen LogP contribution >= 0.6 is 13.5 Å². The van der Waals surface area contributed by atoms with E-state index in [2.05, 4.69) is 0 Å². The lowest BCUT2D eigenvalue weighted by Gasteiger charge is -2.25. The first-order chi connectivity index (χ1) is 4.10. The largest absolute Gasteiger partial charge is 0.327 e. The second-order valence-electron chi connectivity index (χ2n) is 2.71. The first-order valence-corrected chi connectivity index (χ1v) is 3.23. The van der Waals surface area contributed by atoms with Crippen molar-refractivity contribution < 1.29 is 8.78 Å². The Morgan fingerprint density at radius 2 is 1.91 bits per heavy atom. The third kappa shape index (κ3) is 4.58. The van der Waals surface area contributed by atoms with Gasteiger partial charge in [0.05, 0.1) is 0 Å². The van der Waals surface area contributed by atoms with Gasteiger partial charge in [-0.15, -0.1) is 0 Å². The Bertz CT molecular complexity index is 109. The Morgan fingerprint density at radius 3 is 2.18 bits per heavy atom. The van der Waals surface area contributed by atoms with Crippen molar-refractivity contribution in [1.29, 1.82) is 0 Å². The van der Waals surface area contributed by atoms with Crippen molar-refractivity contribution in [3.8, 4) is 0 Å². The van der Waals surface area contributed by atoms with Crippen LogP contribution in [0.2, 0.25) is 0 Å². The van der Waals surface area contributed by atoms with Crippen molar-refractivity contribution in [2.24, 2.45) is 5.73 Å². The molecule has 0 aromatic heterocycles. The number of hydrogen-bond donors (Lipinski definition) is 1. The van der Waals surface area contributed by atoms with E-state index in [4.69, 9.17) is 5.73 Å². The van der Waals surface area contributed by atoms with Crippen LogP contribution in [0, 0.1) is 0 Å². The Morgan fingerprint density at radius 1 is 1.36 bits per heavy atom. The van der Waals surface area contributed by atoms with Crippen molar-refractivity contribution in [2.75, 3.05) is 0 Å². The molecular weight excluding hydrogens is 168 g/mol. The fraction of sp³-hybridized carbons (Fsp3) is 1.00. The number of hydrogen-bond acceptors (Lipinski definition) is 1. The van der Waals surface area contributed by atoms with Gasteiger partial charge < -0.3 is 5.73 Å². The minimum Gasteiger partial charge on any atom is -0.327 e. The van der Waals surface area contributed by atoms with Gasteiger partial charge in [-0.2, -0.15) is 13.5 Å². The predicted molar refractivity (Wildman–Crippen MR) is 48.5 cm³/mol. The summed E-state index contributed by atoms with van der Waals surface area (Å²) in [6, 6.07) is -0.270. The second-order valence-corrected chi connectivity index (χ2v) is 2.71. The van der Waals surface area contributed by atoms with Gasteiger partial charge in [-0.1, -0.05) is 7.43 Å². The maximum Gasteiger partial charge on any atom is 0.249 e. The average Bonchev–Trinajstić information content (AvgIpc) is 1.60. The quantitative estimate of drug-likeness (QED) is 0.615. The minimum atomic E-state index is -2.47. The van der Waals surface area contributed by atoms with E-state index in [-0.39, 0.29) is 39.8 Å². The molecule has 70 valence electrons. The van der Waals surface area contributed by atoms with E-state index in [0.29, 0.717) is 6.42 Å². The van der Waals surface area contributed by atoms with E-state index in [1.807, 2.05) is 0 Å². The molecule has 1 aliphatic carbocycles. The molecule has 2 N–H and O–H groups in total. The SMILES string of the molecule is C.N[C@H]1CCCC(F)(F)C1.S. The first kappa shape index (κ1) is 13.7. The van der Waals surface area contributed by atoms with Gasteiger partial charge in [-0.25, -0.2) is 8.78 Å². The van der Waals surface area contributed by atoms with E-state index in [1.165, 1.54) is 0 Å². The number of rotatable bonds is 0. The van der Waals surface area contributed by atoms with Gasteiger partial charge in [0.25, 0.3) is 0 Å². The molecule has 0 aromatic rings. The molecule has 0 spiro atoms. The van der Waals surface area contributed by atoms with Gasteiger partial charge in [0.2, 0.25) is 5.92 Å². The van der Waals surface area contributed by atoms with E-state index < -0.39 is 5.92 Å². The molecule has 1 atom stereocenters. The van der Waals surface area contributed by atoms with Gasteiger partial charge in [0.15, 0.2) is 0 Å². The van der Waals surface area contributed by atoms with Crippen LogP contribution in [-0.4, -0.2) is 12.0 Å². The summed E-state index contributed by atoms with van der Waals surface area (Å²) in [6.45, 7) is 0. The molecule has 1 saturated carbocycles. The Kier molecular flexibility index (Phi) is 6.16. The molecule has 11 heavy (non-hydrogen) atoms. The van der Waals surface area contributed by atoms with Crippen LogP contribution < -0.4 is 5.73 Å². The van der Waals surface area contributed by atoms with Crippen molar-refractivity contribution in [2.45, 2.75) is 45.1 Å². The van der Waals surface area contributed by atoms with Gasteiger partial charge in [0, 0.05) is 18.9 Å². The summed E-state index contributed by atoms with van der Waals surface area (Å²) in [5.41, 5.74) is 5.33. The van der Waals surface area contributed by atoms with Crippen LogP contribution in [-0.2, 0) is 0 Å². The normalized spacial score (nSPS) is 28.1. The number of halogens is 2. The maximum atomic E-state index is 12.4. The van der Waals surface area contributed by atoms with Crippen molar-refractivity contribution in [3.63, 3.8) is 0 Å². The van der Waals surface area contributed by atoms with Crippen LogP contribution in [0.3, 0.4) is 0 Å². The Labute approximate surface area is 73.8 Å². The van der Waals surface area contributed by atoms with E-state index in [1.54, 1.807) is 0 Å². The van der Waals surface area contributed by atoms with Crippen molar-refractivity contribution in [3.05, 3.63) is 0 Å². The number of alkyl halides is 2. The highest BCUT2D eigenvalue weighted by Crippen LogP contribution is 2.31. The second kappa shape index (κ2) is 4.93. The van der Waals surface area contributed by atoms with Gasteiger partial charge in [0.1, 0.15) is 0 Å². The molecule has 0 radical (unpaired) electrons. The van der Waals surface area contributed by atoms with Crippen LogP contribution in [0.1, 0.15) is 33.1 Å². The molecule has 0 amide bonds. The van der Waals surface area contributed by atoms with Crippen LogP contribution in [0.25, 0.3) is 0 Å². The highest BCUT2D eigenvalue weighted by Gasteiger charge is 2.34. The van der Waals surface area contributed by atoms with Crippen LogP contribution in [0.5, 0.6) is 0 Å². The fourth-order valence-corrected chi connectivity index (χ4v) is 1.21. The zero-order chi connectivity index (χ0) is 6.91. The Balaban J connectivity index is 0. The molecular formula is C7H17F2NS. The standard InChI is InChI=1S/C6H11F2N.CH4.H2S/c7-6(8)3-1-2-5(9)4-6;;/h5H,1-4,9H2;1H4;1H2/t5-;;/m0../s1. The molecule has 1 aliphatic rings. The maximum absolute atomic E-state index is 12.4. The van der Waals surface area contributed by atoms with Gasteiger partial charge in [-0.05, 0) is 12.8 Å². The predicted octanol–water partition coefficient (Wildman–Crippen LogP) is 2.27. The lowest BCUT2D eigenvalue weighted by molar-refractivity contribution is -0.0395. The molecule has 0 saturated heterocycles. The molecule has 4 heteroatoms. The molecule has 0 aliphatic heterocycles. The smallest absolute Gasteiger partial charge is 0.249 e. The topological polar surface area (TPSA) is 26.0 Å². The zero-order valence-electron chi connectivity index (χ0n) is 5.74. The molecule has 1 nitrogen and oxygen atoms in total. The highest BCUT2D eigenvalue weighted by molar-refractivity contribution is 7.59. The molecule has 1 fully saturated rings. The summed E-state index contributed by atoms with van der Waals surface area (Å²) >= 11 is 0. The summed E-state index contributed by atoms with van der Waals surface area (Å²) in [7, 11) is 0. The highest BCUT2D eigenvalue weighted by atomic mass is 32.1. The van der Waals surface area contributed by atoms with E-state index in [0.717, 1.165) is 6.42 Å². The third-order valence-corrected chi connectivity index (χ3v) is 1.68. The number of nitrogens with two attached hydrogens (primary N) is 1. The fourth-order valence-electron chi connectivity index (χ4n) is 1.21. The van der Waals surface area contributed by atoms with Crippen LogP contribution in [0.4, 0.5) is 8.78 Å². The molecule has 0 bridgehead atoms. The summed E-state index contributed by atoms with van der Waals surface area (Å²) in [5.74, 6) is -2.47.